The largest absolute Gasteiger partial charge is 0.330 e. The van der Waals surface area contributed by atoms with Crippen molar-refractivity contribution in [2.75, 3.05) is 26.2 Å². The van der Waals surface area contributed by atoms with Crippen LogP contribution < -0.4 is 10.5 Å². The van der Waals surface area contributed by atoms with Crippen LogP contribution in [0.5, 0.6) is 0 Å². The highest BCUT2D eigenvalue weighted by Crippen LogP contribution is 2.47. The minimum Gasteiger partial charge on any atom is -0.330 e. The molecule has 94 valence electrons. The van der Waals surface area contributed by atoms with Crippen molar-refractivity contribution in [1.29, 1.82) is 0 Å². The monoisotopic (exact) mass is 247 g/mol. The zero-order valence-corrected chi connectivity index (χ0v) is 10.4. The van der Waals surface area contributed by atoms with Gasteiger partial charge in [0.05, 0.1) is 0 Å². The standard InChI is InChI=1S/C10H21N3O2S/c11-6-5-10(3-4-10)9-12-16(14,15)13-7-1-2-8-13/h12H,1-9,11H2. The van der Waals surface area contributed by atoms with Crippen LogP contribution in [-0.2, 0) is 10.2 Å². The molecule has 2 fully saturated rings. The van der Waals surface area contributed by atoms with Crippen LogP contribution in [0.1, 0.15) is 32.1 Å². The molecule has 1 aliphatic carbocycles. The van der Waals surface area contributed by atoms with E-state index in [1.807, 2.05) is 0 Å². The molecule has 0 atom stereocenters. The Hall–Kier alpha value is -0.170. The molecule has 2 aliphatic rings. The van der Waals surface area contributed by atoms with E-state index in [9.17, 15) is 8.42 Å². The fraction of sp³-hybridized carbons (Fsp3) is 1.00. The molecular formula is C10H21N3O2S. The lowest BCUT2D eigenvalue weighted by Gasteiger charge is -2.19. The lowest BCUT2D eigenvalue weighted by atomic mass is 10.0. The molecule has 16 heavy (non-hydrogen) atoms. The van der Waals surface area contributed by atoms with Crippen molar-refractivity contribution in [1.82, 2.24) is 9.03 Å². The van der Waals surface area contributed by atoms with E-state index in [0.717, 1.165) is 32.1 Å². The predicted molar refractivity (Wildman–Crippen MR) is 63.1 cm³/mol. The van der Waals surface area contributed by atoms with E-state index in [0.29, 0.717) is 26.2 Å². The van der Waals surface area contributed by atoms with Gasteiger partial charge in [0.15, 0.2) is 0 Å². The maximum absolute atomic E-state index is 11.9. The summed E-state index contributed by atoms with van der Waals surface area (Å²) in [6.07, 6.45) is 5.10. The van der Waals surface area contributed by atoms with Gasteiger partial charge in [0.2, 0.25) is 0 Å². The van der Waals surface area contributed by atoms with E-state index in [1.54, 1.807) is 4.31 Å². The molecule has 0 aromatic carbocycles. The van der Waals surface area contributed by atoms with Gasteiger partial charge in [-0.15, -0.1) is 0 Å². The third-order valence-electron chi connectivity index (χ3n) is 3.67. The lowest BCUT2D eigenvalue weighted by Crippen LogP contribution is -2.41. The third kappa shape index (κ3) is 2.74. The van der Waals surface area contributed by atoms with E-state index in [-0.39, 0.29) is 5.41 Å². The van der Waals surface area contributed by atoms with Crippen molar-refractivity contribution in [3.63, 3.8) is 0 Å². The van der Waals surface area contributed by atoms with Gasteiger partial charge >= 0.3 is 0 Å². The van der Waals surface area contributed by atoms with Gasteiger partial charge in [0.1, 0.15) is 0 Å². The van der Waals surface area contributed by atoms with Gasteiger partial charge in [-0.1, -0.05) is 0 Å². The minimum absolute atomic E-state index is 0.168. The summed E-state index contributed by atoms with van der Waals surface area (Å²) in [6.45, 7) is 2.53. The second-order valence-electron chi connectivity index (χ2n) is 4.97. The SMILES string of the molecule is NCCC1(CNS(=O)(=O)N2CCCC2)CC1. The number of hydrogen-bond acceptors (Lipinski definition) is 3. The Bertz CT molecular complexity index is 332. The molecule has 1 aliphatic heterocycles. The van der Waals surface area contributed by atoms with E-state index in [1.165, 1.54) is 0 Å². The second kappa shape index (κ2) is 4.60. The molecule has 1 saturated carbocycles. The average Bonchev–Trinajstić information content (AvgIpc) is 2.81. The molecule has 0 amide bonds. The molecule has 0 spiro atoms. The molecule has 0 radical (unpaired) electrons. The summed E-state index contributed by atoms with van der Waals surface area (Å²) >= 11 is 0. The summed E-state index contributed by atoms with van der Waals surface area (Å²) in [5, 5.41) is 0. The Balaban J connectivity index is 1.84. The molecule has 5 nitrogen and oxygen atoms in total. The van der Waals surface area contributed by atoms with E-state index in [4.69, 9.17) is 5.73 Å². The second-order valence-corrected chi connectivity index (χ2v) is 6.73. The van der Waals surface area contributed by atoms with Gasteiger partial charge in [-0.25, -0.2) is 4.72 Å². The van der Waals surface area contributed by atoms with Crippen LogP contribution in [0.4, 0.5) is 0 Å². The smallest absolute Gasteiger partial charge is 0.279 e. The van der Waals surface area contributed by atoms with E-state index in [2.05, 4.69) is 4.72 Å². The quantitative estimate of drug-likeness (QED) is 0.696. The Morgan fingerprint density at radius 3 is 2.38 bits per heavy atom. The molecule has 0 bridgehead atoms. The summed E-state index contributed by atoms with van der Waals surface area (Å²) in [5.41, 5.74) is 5.70. The van der Waals surface area contributed by atoms with Crippen LogP contribution in [-0.4, -0.2) is 38.9 Å². The summed E-state index contributed by atoms with van der Waals surface area (Å²) in [4.78, 5) is 0. The maximum Gasteiger partial charge on any atom is 0.279 e. The van der Waals surface area contributed by atoms with E-state index < -0.39 is 10.2 Å². The Labute approximate surface area is 97.6 Å². The average molecular weight is 247 g/mol. The highest BCUT2D eigenvalue weighted by atomic mass is 32.2. The molecule has 0 unspecified atom stereocenters. The summed E-state index contributed by atoms with van der Waals surface area (Å²) in [5.74, 6) is 0. The zero-order chi connectivity index (χ0) is 11.6. The van der Waals surface area contributed by atoms with Gasteiger partial charge in [0, 0.05) is 19.6 Å². The Morgan fingerprint density at radius 1 is 1.25 bits per heavy atom. The molecule has 0 aromatic heterocycles. The van der Waals surface area contributed by atoms with Crippen LogP contribution >= 0.6 is 0 Å². The summed E-state index contributed by atoms with van der Waals surface area (Å²) < 4.78 is 28.1. The fourth-order valence-corrected chi connectivity index (χ4v) is 3.67. The third-order valence-corrected chi connectivity index (χ3v) is 5.22. The summed E-state index contributed by atoms with van der Waals surface area (Å²) in [6, 6.07) is 0. The molecule has 0 aromatic rings. The fourth-order valence-electron chi connectivity index (χ4n) is 2.26. The number of nitrogens with two attached hydrogens (primary N) is 1. The molecule has 6 heteroatoms. The summed E-state index contributed by atoms with van der Waals surface area (Å²) in [7, 11) is -3.23. The molecule has 2 rings (SSSR count). The number of rotatable bonds is 6. The zero-order valence-electron chi connectivity index (χ0n) is 9.61. The lowest BCUT2D eigenvalue weighted by molar-refractivity contribution is 0.429. The first-order valence-electron chi connectivity index (χ1n) is 6.03. The van der Waals surface area contributed by atoms with Gasteiger partial charge in [-0.2, -0.15) is 12.7 Å². The minimum atomic E-state index is -3.23. The van der Waals surface area contributed by atoms with Crippen LogP contribution in [0.3, 0.4) is 0 Å². The Kier molecular flexibility index (Phi) is 3.53. The molecule has 3 N–H and O–H groups in total. The molecule has 1 heterocycles. The number of nitrogens with one attached hydrogen (secondary N) is 1. The van der Waals surface area contributed by atoms with E-state index >= 15 is 0 Å². The van der Waals surface area contributed by atoms with Crippen molar-refractivity contribution in [3.05, 3.63) is 0 Å². The highest BCUT2D eigenvalue weighted by molar-refractivity contribution is 7.87. The van der Waals surface area contributed by atoms with Crippen LogP contribution in [0, 0.1) is 5.41 Å². The topological polar surface area (TPSA) is 75.4 Å². The van der Waals surface area contributed by atoms with Crippen LogP contribution in [0.2, 0.25) is 0 Å². The first kappa shape index (κ1) is 12.3. The first-order valence-corrected chi connectivity index (χ1v) is 7.47. The number of nitrogens with zero attached hydrogens (tertiary/aromatic N) is 1. The molecular weight excluding hydrogens is 226 g/mol. The van der Waals surface area contributed by atoms with Gasteiger partial charge in [0.25, 0.3) is 10.2 Å². The van der Waals surface area contributed by atoms with Crippen molar-refractivity contribution >= 4 is 10.2 Å². The molecule has 1 saturated heterocycles. The van der Waals surface area contributed by atoms with Crippen molar-refractivity contribution in [3.8, 4) is 0 Å². The van der Waals surface area contributed by atoms with Crippen molar-refractivity contribution < 1.29 is 8.42 Å². The number of hydrogen-bond donors (Lipinski definition) is 2. The van der Waals surface area contributed by atoms with Crippen molar-refractivity contribution in [2.24, 2.45) is 11.1 Å². The Morgan fingerprint density at radius 2 is 1.88 bits per heavy atom. The normalized spacial score (nSPS) is 24.8. The highest BCUT2D eigenvalue weighted by Gasteiger charge is 2.42. The van der Waals surface area contributed by atoms with Gasteiger partial charge in [-0.3, -0.25) is 0 Å². The van der Waals surface area contributed by atoms with Crippen molar-refractivity contribution in [2.45, 2.75) is 32.1 Å². The first-order chi connectivity index (χ1) is 7.58. The van der Waals surface area contributed by atoms with Crippen LogP contribution in [0.15, 0.2) is 0 Å². The maximum atomic E-state index is 11.9. The van der Waals surface area contributed by atoms with Gasteiger partial charge in [-0.05, 0) is 44.1 Å². The predicted octanol–water partition coefficient (Wildman–Crippen LogP) is 0.0456. The van der Waals surface area contributed by atoms with Crippen LogP contribution in [0.25, 0.3) is 0 Å². The van der Waals surface area contributed by atoms with Gasteiger partial charge < -0.3 is 5.73 Å².